The van der Waals surface area contributed by atoms with E-state index in [-0.39, 0.29) is 20.5 Å². The molecule has 0 aliphatic carbocycles. The standard InChI is InChI=1S/C19H10FNO3S2/c20-13-6-2-3-7-14(13)21-17(22)16(26-19(21)25)10-12-9-11-5-1-4-8-15(11)24-18(12)23/h1-10H. The van der Waals surface area contributed by atoms with Gasteiger partial charge in [0.25, 0.3) is 5.91 Å². The molecule has 2 heterocycles. The average Bonchev–Trinajstić information content (AvgIpc) is 2.90. The van der Waals surface area contributed by atoms with Crippen LogP contribution in [0.15, 0.2) is 68.7 Å². The molecule has 1 amide bonds. The summed E-state index contributed by atoms with van der Waals surface area (Å²) in [5, 5.41) is 0.739. The first-order valence-electron chi connectivity index (χ1n) is 7.60. The Bertz CT molecular complexity index is 1150. The van der Waals surface area contributed by atoms with E-state index >= 15 is 0 Å². The Labute approximate surface area is 156 Å². The number of para-hydroxylation sites is 2. The normalized spacial score (nSPS) is 16.0. The molecule has 0 spiro atoms. The summed E-state index contributed by atoms with van der Waals surface area (Å²) in [6.07, 6.45) is 1.43. The second kappa shape index (κ2) is 6.51. The third-order valence-electron chi connectivity index (χ3n) is 3.84. The smallest absolute Gasteiger partial charge is 0.343 e. The van der Waals surface area contributed by atoms with Crippen LogP contribution in [-0.2, 0) is 4.79 Å². The fourth-order valence-electron chi connectivity index (χ4n) is 2.63. The van der Waals surface area contributed by atoms with Gasteiger partial charge < -0.3 is 4.42 Å². The number of hydrogen-bond acceptors (Lipinski definition) is 5. The maximum absolute atomic E-state index is 14.0. The van der Waals surface area contributed by atoms with Gasteiger partial charge in [0.05, 0.1) is 16.2 Å². The Kier molecular flexibility index (Phi) is 4.18. The van der Waals surface area contributed by atoms with E-state index in [1.807, 2.05) is 6.07 Å². The third-order valence-corrected chi connectivity index (χ3v) is 5.14. The molecule has 4 rings (SSSR count). The van der Waals surface area contributed by atoms with Crippen LogP contribution in [0.2, 0.25) is 0 Å². The number of anilines is 1. The van der Waals surface area contributed by atoms with Crippen molar-refractivity contribution in [1.29, 1.82) is 0 Å². The molecule has 1 aliphatic rings. The molecule has 0 saturated carbocycles. The minimum absolute atomic E-state index is 0.0870. The molecular formula is C19H10FNO3S2. The van der Waals surface area contributed by atoms with Crippen molar-refractivity contribution in [2.45, 2.75) is 0 Å². The molecule has 4 nitrogen and oxygen atoms in total. The van der Waals surface area contributed by atoms with E-state index < -0.39 is 17.3 Å². The average molecular weight is 383 g/mol. The monoisotopic (exact) mass is 383 g/mol. The lowest BCUT2D eigenvalue weighted by atomic mass is 10.1. The number of hydrogen-bond donors (Lipinski definition) is 0. The molecule has 0 atom stereocenters. The van der Waals surface area contributed by atoms with E-state index in [2.05, 4.69) is 0 Å². The summed E-state index contributed by atoms with van der Waals surface area (Å²) in [6.45, 7) is 0. The summed E-state index contributed by atoms with van der Waals surface area (Å²) in [6, 6.07) is 14.6. The summed E-state index contributed by atoms with van der Waals surface area (Å²) in [5.41, 5.74) is 0.232. The fourth-order valence-corrected chi connectivity index (χ4v) is 3.90. The molecule has 1 aromatic heterocycles. The summed E-state index contributed by atoms with van der Waals surface area (Å²) in [4.78, 5) is 26.2. The van der Waals surface area contributed by atoms with Crippen molar-refractivity contribution in [2.24, 2.45) is 0 Å². The fraction of sp³-hybridized carbons (Fsp3) is 0. The molecule has 1 aliphatic heterocycles. The zero-order valence-corrected chi connectivity index (χ0v) is 14.8. The molecule has 3 aromatic rings. The molecule has 128 valence electrons. The van der Waals surface area contributed by atoms with Gasteiger partial charge in [0.2, 0.25) is 0 Å². The number of carbonyl (C=O) groups excluding carboxylic acids is 1. The van der Waals surface area contributed by atoms with Crippen LogP contribution >= 0.6 is 24.0 Å². The number of amides is 1. The number of benzene rings is 2. The number of fused-ring (bicyclic) bond motifs is 1. The van der Waals surface area contributed by atoms with Gasteiger partial charge in [-0.3, -0.25) is 9.69 Å². The van der Waals surface area contributed by atoms with Gasteiger partial charge in [-0.25, -0.2) is 9.18 Å². The lowest BCUT2D eigenvalue weighted by molar-refractivity contribution is -0.113. The number of halogens is 1. The van der Waals surface area contributed by atoms with Crippen molar-refractivity contribution in [3.63, 3.8) is 0 Å². The van der Waals surface area contributed by atoms with E-state index in [0.29, 0.717) is 5.58 Å². The van der Waals surface area contributed by atoms with Gasteiger partial charge >= 0.3 is 5.63 Å². The van der Waals surface area contributed by atoms with Gasteiger partial charge in [-0.05, 0) is 30.3 Å². The topological polar surface area (TPSA) is 50.5 Å². The van der Waals surface area contributed by atoms with Crippen LogP contribution in [0.25, 0.3) is 17.0 Å². The Morgan fingerprint density at radius 2 is 1.81 bits per heavy atom. The lowest BCUT2D eigenvalue weighted by Gasteiger charge is -2.14. The van der Waals surface area contributed by atoms with Gasteiger partial charge in [0.15, 0.2) is 4.32 Å². The maximum Gasteiger partial charge on any atom is 0.343 e. The van der Waals surface area contributed by atoms with Crippen molar-refractivity contribution < 1.29 is 13.6 Å². The highest BCUT2D eigenvalue weighted by Gasteiger charge is 2.34. The summed E-state index contributed by atoms with van der Waals surface area (Å²) >= 11 is 6.24. The van der Waals surface area contributed by atoms with Gasteiger partial charge in [-0.15, -0.1) is 0 Å². The van der Waals surface area contributed by atoms with Crippen molar-refractivity contribution in [3.8, 4) is 0 Å². The van der Waals surface area contributed by atoms with Gasteiger partial charge in [-0.2, -0.15) is 0 Å². The number of thiocarbonyl (C=S) groups is 1. The van der Waals surface area contributed by atoms with Gasteiger partial charge in [-0.1, -0.05) is 54.3 Å². The molecule has 0 N–H and O–H groups in total. The first-order valence-corrected chi connectivity index (χ1v) is 8.82. The third kappa shape index (κ3) is 2.85. The van der Waals surface area contributed by atoms with Gasteiger partial charge in [0, 0.05) is 5.39 Å². The molecule has 0 bridgehead atoms. The van der Waals surface area contributed by atoms with Crippen molar-refractivity contribution in [1.82, 2.24) is 0 Å². The Balaban J connectivity index is 1.76. The van der Waals surface area contributed by atoms with E-state index in [0.717, 1.165) is 22.0 Å². The second-order valence-corrected chi connectivity index (χ2v) is 7.17. The van der Waals surface area contributed by atoms with E-state index in [1.165, 1.54) is 24.3 Å². The molecule has 0 unspecified atom stereocenters. The first-order chi connectivity index (χ1) is 12.5. The van der Waals surface area contributed by atoms with Crippen LogP contribution < -0.4 is 10.5 Å². The van der Waals surface area contributed by atoms with E-state index in [4.69, 9.17) is 16.6 Å². The summed E-state index contributed by atoms with van der Waals surface area (Å²) in [5.74, 6) is -1.02. The minimum Gasteiger partial charge on any atom is -0.422 e. The van der Waals surface area contributed by atoms with Crippen LogP contribution in [0.5, 0.6) is 0 Å². The predicted molar refractivity (Wildman–Crippen MR) is 105 cm³/mol. The maximum atomic E-state index is 14.0. The molecule has 7 heteroatoms. The van der Waals surface area contributed by atoms with Crippen LogP contribution in [0.3, 0.4) is 0 Å². The highest BCUT2D eigenvalue weighted by molar-refractivity contribution is 8.27. The highest BCUT2D eigenvalue weighted by Crippen LogP contribution is 2.36. The molecule has 26 heavy (non-hydrogen) atoms. The highest BCUT2D eigenvalue weighted by atomic mass is 32.2. The van der Waals surface area contributed by atoms with E-state index in [9.17, 15) is 14.0 Å². The zero-order chi connectivity index (χ0) is 18.3. The number of carbonyl (C=O) groups is 1. The van der Waals surface area contributed by atoms with Crippen LogP contribution in [0, 0.1) is 5.82 Å². The lowest BCUT2D eigenvalue weighted by Crippen LogP contribution is -2.28. The van der Waals surface area contributed by atoms with Crippen molar-refractivity contribution >= 4 is 56.9 Å². The van der Waals surface area contributed by atoms with Crippen LogP contribution in [0.4, 0.5) is 10.1 Å². The first kappa shape index (κ1) is 16.7. The van der Waals surface area contributed by atoms with Gasteiger partial charge in [0.1, 0.15) is 11.4 Å². The number of nitrogens with zero attached hydrogens (tertiary/aromatic N) is 1. The van der Waals surface area contributed by atoms with Crippen molar-refractivity contribution in [3.05, 3.63) is 81.3 Å². The van der Waals surface area contributed by atoms with Crippen LogP contribution in [-0.4, -0.2) is 10.2 Å². The molecule has 1 fully saturated rings. The Morgan fingerprint density at radius 1 is 1.08 bits per heavy atom. The predicted octanol–water partition coefficient (Wildman–Crippen LogP) is 4.34. The SMILES string of the molecule is O=C1C(=Cc2cc3ccccc3oc2=O)SC(=S)N1c1ccccc1F. The second-order valence-electron chi connectivity index (χ2n) is 5.50. The number of thioether (sulfide) groups is 1. The number of rotatable bonds is 2. The van der Waals surface area contributed by atoms with Crippen molar-refractivity contribution in [2.75, 3.05) is 4.90 Å². The quantitative estimate of drug-likeness (QED) is 0.374. The summed E-state index contributed by atoms with van der Waals surface area (Å²) < 4.78 is 19.5. The van der Waals surface area contributed by atoms with Crippen LogP contribution in [0.1, 0.15) is 5.56 Å². The Morgan fingerprint density at radius 3 is 2.62 bits per heavy atom. The largest absolute Gasteiger partial charge is 0.422 e. The molecule has 0 radical (unpaired) electrons. The molecule has 2 aromatic carbocycles. The molecule has 1 saturated heterocycles. The molecular weight excluding hydrogens is 373 g/mol. The minimum atomic E-state index is -0.556. The Hall–Kier alpha value is -2.77. The van der Waals surface area contributed by atoms with E-state index in [1.54, 1.807) is 30.3 Å². The summed E-state index contributed by atoms with van der Waals surface area (Å²) in [7, 11) is 0. The zero-order valence-electron chi connectivity index (χ0n) is 13.1.